The summed E-state index contributed by atoms with van der Waals surface area (Å²) in [6.07, 6.45) is 0. The zero-order chi connectivity index (χ0) is 13.6. The molecular formula is C14H33N3O. The van der Waals surface area contributed by atoms with Gasteiger partial charge in [-0.25, -0.2) is 0 Å². The Morgan fingerprint density at radius 3 is 2.00 bits per heavy atom. The zero-order valence-electron chi connectivity index (χ0n) is 12.9. The van der Waals surface area contributed by atoms with E-state index in [0.29, 0.717) is 0 Å². The molecular weight excluding hydrogens is 226 g/mol. The van der Waals surface area contributed by atoms with Gasteiger partial charge in [0.2, 0.25) is 0 Å². The molecule has 0 unspecified atom stereocenters. The molecule has 4 heteroatoms. The number of nitrogens with zero attached hydrogens (tertiary/aromatic N) is 2. The van der Waals surface area contributed by atoms with Crippen LogP contribution in [0, 0.1) is 0 Å². The molecule has 0 aromatic heterocycles. The number of ether oxygens (including phenoxy) is 1. The van der Waals surface area contributed by atoms with Crippen molar-refractivity contribution < 1.29 is 4.74 Å². The third kappa shape index (κ3) is 8.86. The van der Waals surface area contributed by atoms with E-state index in [0.717, 1.165) is 32.8 Å². The lowest BCUT2D eigenvalue weighted by Crippen LogP contribution is -2.48. The van der Waals surface area contributed by atoms with Crippen LogP contribution in [0.25, 0.3) is 0 Å². The Morgan fingerprint density at radius 1 is 0.944 bits per heavy atom. The standard InChI is InChI=1S/C12H27N3O.C2H6/c1-3-13-5-6-14-7-9-15(10-8-14)11-12-16-4-2;1-2/h13H,3-12H2,1-2H3;1-2H3. The van der Waals surface area contributed by atoms with Gasteiger partial charge in [0.1, 0.15) is 0 Å². The highest BCUT2D eigenvalue weighted by Crippen LogP contribution is 2.00. The maximum atomic E-state index is 5.38. The third-order valence-corrected chi connectivity index (χ3v) is 3.08. The van der Waals surface area contributed by atoms with Crippen LogP contribution in [0.5, 0.6) is 0 Å². The van der Waals surface area contributed by atoms with Crippen LogP contribution >= 0.6 is 0 Å². The van der Waals surface area contributed by atoms with E-state index in [-0.39, 0.29) is 0 Å². The minimum atomic E-state index is 0.836. The average molecular weight is 259 g/mol. The summed E-state index contributed by atoms with van der Waals surface area (Å²) in [4.78, 5) is 5.04. The molecule has 1 aliphatic heterocycles. The molecule has 1 saturated heterocycles. The van der Waals surface area contributed by atoms with Crippen molar-refractivity contribution in [3.05, 3.63) is 0 Å². The van der Waals surface area contributed by atoms with E-state index in [1.807, 2.05) is 13.8 Å². The van der Waals surface area contributed by atoms with Crippen LogP contribution in [0.1, 0.15) is 27.7 Å². The molecule has 0 amide bonds. The lowest BCUT2D eigenvalue weighted by Gasteiger charge is -2.34. The third-order valence-electron chi connectivity index (χ3n) is 3.08. The topological polar surface area (TPSA) is 27.7 Å². The summed E-state index contributed by atoms with van der Waals surface area (Å²) in [6.45, 7) is 19.2. The van der Waals surface area contributed by atoms with E-state index in [1.165, 1.54) is 32.7 Å². The fourth-order valence-corrected chi connectivity index (χ4v) is 1.99. The molecule has 1 fully saturated rings. The summed E-state index contributed by atoms with van der Waals surface area (Å²) in [7, 11) is 0. The van der Waals surface area contributed by atoms with Crippen LogP contribution in [0.4, 0.5) is 0 Å². The molecule has 1 N–H and O–H groups in total. The molecule has 110 valence electrons. The van der Waals surface area contributed by atoms with Gasteiger partial charge < -0.3 is 10.1 Å². The molecule has 1 aliphatic rings. The highest BCUT2D eigenvalue weighted by molar-refractivity contribution is 4.72. The van der Waals surface area contributed by atoms with Gasteiger partial charge in [-0.05, 0) is 13.5 Å². The van der Waals surface area contributed by atoms with Gasteiger partial charge in [0.15, 0.2) is 0 Å². The van der Waals surface area contributed by atoms with E-state index < -0.39 is 0 Å². The number of hydrogen-bond donors (Lipinski definition) is 1. The maximum absolute atomic E-state index is 5.38. The van der Waals surface area contributed by atoms with E-state index >= 15 is 0 Å². The second-order valence-electron chi connectivity index (χ2n) is 4.23. The second-order valence-corrected chi connectivity index (χ2v) is 4.23. The molecule has 18 heavy (non-hydrogen) atoms. The van der Waals surface area contributed by atoms with Gasteiger partial charge in [0.05, 0.1) is 6.61 Å². The second kappa shape index (κ2) is 13.3. The largest absolute Gasteiger partial charge is 0.380 e. The van der Waals surface area contributed by atoms with Crippen molar-refractivity contribution in [2.24, 2.45) is 0 Å². The van der Waals surface area contributed by atoms with Crippen molar-refractivity contribution in [3.63, 3.8) is 0 Å². The summed E-state index contributed by atoms with van der Waals surface area (Å²) in [5.41, 5.74) is 0. The fraction of sp³-hybridized carbons (Fsp3) is 1.00. The minimum Gasteiger partial charge on any atom is -0.380 e. The smallest absolute Gasteiger partial charge is 0.0593 e. The first kappa shape index (κ1) is 17.8. The van der Waals surface area contributed by atoms with Crippen LogP contribution in [0.2, 0.25) is 0 Å². The van der Waals surface area contributed by atoms with Crippen LogP contribution in [-0.2, 0) is 4.74 Å². The Kier molecular flexibility index (Phi) is 13.2. The van der Waals surface area contributed by atoms with Gasteiger partial charge in [-0.1, -0.05) is 20.8 Å². The molecule has 1 rings (SSSR count). The van der Waals surface area contributed by atoms with Gasteiger partial charge in [-0.2, -0.15) is 0 Å². The molecule has 0 radical (unpaired) electrons. The average Bonchev–Trinajstić information content (AvgIpc) is 2.43. The van der Waals surface area contributed by atoms with Crippen molar-refractivity contribution in [2.75, 3.05) is 65.6 Å². The van der Waals surface area contributed by atoms with Crippen molar-refractivity contribution >= 4 is 0 Å². The molecule has 0 aromatic rings. The molecule has 1 heterocycles. The lowest BCUT2D eigenvalue weighted by molar-refractivity contribution is 0.0812. The molecule has 0 aromatic carbocycles. The molecule has 0 saturated carbocycles. The van der Waals surface area contributed by atoms with Gasteiger partial charge in [0, 0.05) is 52.4 Å². The number of rotatable bonds is 8. The molecule has 0 aliphatic carbocycles. The zero-order valence-corrected chi connectivity index (χ0v) is 12.9. The maximum Gasteiger partial charge on any atom is 0.0593 e. The first-order valence-electron chi connectivity index (χ1n) is 7.60. The Labute approximate surface area is 114 Å². The van der Waals surface area contributed by atoms with Gasteiger partial charge in [-0.15, -0.1) is 0 Å². The summed E-state index contributed by atoms with van der Waals surface area (Å²) in [5.74, 6) is 0. The van der Waals surface area contributed by atoms with Gasteiger partial charge in [0.25, 0.3) is 0 Å². The van der Waals surface area contributed by atoms with E-state index in [2.05, 4.69) is 29.0 Å². The van der Waals surface area contributed by atoms with Crippen molar-refractivity contribution in [1.82, 2.24) is 15.1 Å². The summed E-state index contributed by atoms with van der Waals surface area (Å²) >= 11 is 0. The SMILES string of the molecule is CC.CCNCCN1CCN(CCOCC)CC1. The molecule has 0 bridgehead atoms. The predicted octanol–water partition coefficient (Wildman–Crippen LogP) is 1.28. The summed E-state index contributed by atoms with van der Waals surface area (Å²) < 4.78 is 5.38. The van der Waals surface area contributed by atoms with Crippen LogP contribution in [0.3, 0.4) is 0 Å². The Bertz CT molecular complexity index is 141. The lowest BCUT2D eigenvalue weighted by atomic mass is 10.3. The minimum absolute atomic E-state index is 0.836. The van der Waals surface area contributed by atoms with E-state index in [1.54, 1.807) is 0 Å². The Balaban J connectivity index is 0.00000137. The quantitative estimate of drug-likeness (QED) is 0.665. The summed E-state index contributed by atoms with van der Waals surface area (Å²) in [6, 6.07) is 0. The van der Waals surface area contributed by atoms with Crippen molar-refractivity contribution in [1.29, 1.82) is 0 Å². The van der Waals surface area contributed by atoms with E-state index in [4.69, 9.17) is 4.74 Å². The van der Waals surface area contributed by atoms with Crippen molar-refractivity contribution in [3.8, 4) is 0 Å². The first-order valence-corrected chi connectivity index (χ1v) is 7.60. The number of nitrogens with one attached hydrogen (secondary N) is 1. The van der Waals surface area contributed by atoms with Crippen LogP contribution < -0.4 is 5.32 Å². The predicted molar refractivity (Wildman–Crippen MR) is 79.3 cm³/mol. The first-order chi connectivity index (χ1) is 8.86. The number of hydrogen-bond acceptors (Lipinski definition) is 4. The monoisotopic (exact) mass is 259 g/mol. The van der Waals surface area contributed by atoms with E-state index in [9.17, 15) is 0 Å². The highest BCUT2D eigenvalue weighted by Gasteiger charge is 2.15. The van der Waals surface area contributed by atoms with Gasteiger partial charge in [-0.3, -0.25) is 9.80 Å². The Morgan fingerprint density at radius 2 is 1.50 bits per heavy atom. The normalized spacial score (nSPS) is 17.3. The Hall–Kier alpha value is -0.160. The summed E-state index contributed by atoms with van der Waals surface area (Å²) in [5, 5.41) is 3.37. The fourth-order valence-electron chi connectivity index (χ4n) is 1.99. The number of piperazine rings is 1. The molecule has 0 atom stereocenters. The van der Waals surface area contributed by atoms with Crippen molar-refractivity contribution in [2.45, 2.75) is 27.7 Å². The molecule has 4 nitrogen and oxygen atoms in total. The molecule has 0 spiro atoms. The van der Waals surface area contributed by atoms with Crippen LogP contribution in [-0.4, -0.2) is 75.4 Å². The number of likely N-dealkylation sites (N-methyl/N-ethyl adjacent to an activating group) is 1. The highest BCUT2D eigenvalue weighted by atomic mass is 16.5. The van der Waals surface area contributed by atoms with Gasteiger partial charge >= 0.3 is 0 Å². The van der Waals surface area contributed by atoms with Crippen LogP contribution in [0.15, 0.2) is 0 Å².